The SMILES string of the molecule is CC1CCCC(Nc2cccc(Cl)c2-n2cncn2)CC1. The molecule has 0 spiro atoms. The zero-order chi connectivity index (χ0) is 14.7. The van der Waals surface area contributed by atoms with Crippen LogP contribution in [0, 0.1) is 5.92 Å². The van der Waals surface area contributed by atoms with Gasteiger partial charge in [-0.1, -0.05) is 37.4 Å². The highest BCUT2D eigenvalue weighted by Gasteiger charge is 2.18. The number of hydrogen-bond acceptors (Lipinski definition) is 3. The van der Waals surface area contributed by atoms with Crippen molar-refractivity contribution in [2.24, 2.45) is 5.92 Å². The van der Waals surface area contributed by atoms with Crippen molar-refractivity contribution >= 4 is 17.3 Å². The topological polar surface area (TPSA) is 42.7 Å². The summed E-state index contributed by atoms with van der Waals surface area (Å²) >= 11 is 6.37. The molecule has 112 valence electrons. The molecule has 1 saturated carbocycles. The number of anilines is 1. The number of hydrogen-bond donors (Lipinski definition) is 1. The number of halogens is 1. The summed E-state index contributed by atoms with van der Waals surface area (Å²) in [4.78, 5) is 4.02. The average molecular weight is 305 g/mol. The third-order valence-corrected chi connectivity index (χ3v) is 4.56. The van der Waals surface area contributed by atoms with Crippen LogP contribution < -0.4 is 5.32 Å². The highest BCUT2D eigenvalue weighted by atomic mass is 35.5. The lowest BCUT2D eigenvalue weighted by atomic mass is 10.0. The van der Waals surface area contributed by atoms with E-state index in [4.69, 9.17) is 11.6 Å². The summed E-state index contributed by atoms with van der Waals surface area (Å²) in [5, 5.41) is 8.57. The van der Waals surface area contributed by atoms with Gasteiger partial charge in [0.1, 0.15) is 18.3 Å². The molecule has 3 rings (SSSR count). The zero-order valence-corrected chi connectivity index (χ0v) is 13.1. The first-order valence-electron chi connectivity index (χ1n) is 7.64. The third kappa shape index (κ3) is 3.38. The van der Waals surface area contributed by atoms with E-state index in [0.717, 1.165) is 17.3 Å². The van der Waals surface area contributed by atoms with Gasteiger partial charge in [-0.3, -0.25) is 0 Å². The molecule has 1 heterocycles. The van der Waals surface area contributed by atoms with E-state index in [2.05, 4.69) is 28.4 Å². The maximum Gasteiger partial charge on any atom is 0.138 e. The molecule has 1 N–H and O–H groups in total. The maximum absolute atomic E-state index is 6.37. The molecule has 1 aromatic heterocycles. The Morgan fingerprint density at radius 2 is 2.14 bits per heavy atom. The Balaban J connectivity index is 1.84. The smallest absolute Gasteiger partial charge is 0.138 e. The number of nitrogens with zero attached hydrogens (tertiary/aromatic N) is 3. The minimum absolute atomic E-state index is 0.510. The van der Waals surface area contributed by atoms with Crippen LogP contribution in [0.4, 0.5) is 5.69 Å². The van der Waals surface area contributed by atoms with E-state index in [1.54, 1.807) is 11.0 Å². The molecular weight excluding hydrogens is 284 g/mol. The number of aromatic nitrogens is 3. The number of benzene rings is 1. The van der Waals surface area contributed by atoms with E-state index < -0.39 is 0 Å². The molecular formula is C16H21ClN4. The van der Waals surface area contributed by atoms with Crippen molar-refractivity contribution < 1.29 is 0 Å². The van der Waals surface area contributed by atoms with Gasteiger partial charge in [-0.15, -0.1) is 0 Å². The van der Waals surface area contributed by atoms with Crippen LogP contribution >= 0.6 is 11.6 Å². The second kappa shape index (κ2) is 6.48. The van der Waals surface area contributed by atoms with Gasteiger partial charge >= 0.3 is 0 Å². The van der Waals surface area contributed by atoms with Crippen molar-refractivity contribution in [3.05, 3.63) is 35.9 Å². The number of rotatable bonds is 3. The minimum atomic E-state index is 0.510. The molecule has 1 aromatic carbocycles. The lowest BCUT2D eigenvalue weighted by molar-refractivity contribution is 0.502. The van der Waals surface area contributed by atoms with Crippen LogP contribution in [-0.4, -0.2) is 20.8 Å². The molecule has 2 unspecified atom stereocenters. The summed E-state index contributed by atoms with van der Waals surface area (Å²) in [6.45, 7) is 2.35. The second-order valence-corrected chi connectivity index (χ2v) is 6.34. The van der Waals surface area contributed by atoms with Crippen molar-refractivity contribution in [3.8, 4) is 5.69 Å². The van der Waals surface area contributed by atoms with Crippen LogP contribution in [0.5, 0.6) is 0 Å². The fourth-order valence-corrected chi connectivity index (χ4v) is 3.30. The molecule has 0 amide bonds. The summed E-state index contributed by atoms with van der Waals surface area (Å²) in [5.41, 5.74) is 1.92. The van der Waals surface area contributed by atoms with Gasteiger partial charge in [-0.25, -0.2) is 9.67 Å². The Bertz CT molecular complexity index is 582. The van der Waals surface area contributed by atoms with Gasteiger partial charge in [0.2, 0.25) is 0 Å². The largest absolute Gasteiger partial charge is 0.381 e. The van der Waals surface area contributed by atoms with Gasteiger partial charge in [-0.2, -0.15) is 5.10 Å². The lowest BCUT2D eigenvalue weighted by Gasteiger charge is -2.20. The lowest BCUT2D eigenvalue weighted by Crippen LogP contribution is -2.19. The average Bonchev–Trinajstić information content (AvgIpc) is 2.91. The molecule has 1 fully saturated rings. The van der Waals surface area contributed by atoms with Crippen molar-refractivity contribution in [1.29, 1.82) is 0 Å². The predicted molar refractivity (Wildman–Crippen MR) is 86.0 cm³/mol. The van der Waals surface area contributed by atoms with E-state index in [1.807, 2.05) is 12.1 Å². The van der Waals surface area contributed by atoms with Crippen LogP contribution in [0.3, 0.4) is 0 Å². The number of nitrogens with one attached hydrogen (secondary N) is 1. The normalized spacial score (nSPS) is 22.8. The molecule has 1 aliphatic carbocycles. The molecule has 5 heteroatoms. The molecule has 0 radical (unpaired) electrons. The first kappa shape index (κ1) is 14.4. The molecule has 2 atom stereocenters. The van der Waals surface area contributed by atoms with Crippen LogP contribution in [0.1, 0.15) is 39.0 Å². The second-order valence-electron chi connectivity index (χ2n) is 5.93. The minimum Gasteiger partial charge on any atom is -0.381 e. The van der Waals surface area contributed by atoms with Gasteiger partial charge in [0, 0.05) is 6.04 Å². The Morgan fingerprint density at radius 3 is 2.95 bits per heavy atom. The Hall–Kier alpha value is -1.55. The highest BCUT2D eigenvalue weighted by Crippen LogP contribution is 2.31. The van der Waals surface area contributed by atoms with Gasteiger partial charge in [0.15, 0.2) is 0 Å². The zero-order valence-electron chi connectivity index (χ0n) is 12.3. The summed E-state index contributed by atoms with van der Waals surface area (Å²) in [6, 6.07) is 6.44. The highest BCUT2D eigenvalue weighted by molar-refractivity contribution is 6.33. The van der Waals surface area contributed by atoms with Crippen LogP contribution in [0.2, 0.25) is 5.02 Å². The Kier molecular flexibility index (Phi) is 4.44. The molecule has 0 bridgehead atoms. The Labute approximate surface area is 130 Å². The van der Waals surface area contributed by atoms with E-state index >= 15 is 0 Å². The third-order valence-electron chi connectivity index (χ3n) is 4.25. The van der Waals surface area contributed by atoms with Crippen molar-refractivity contribution in [2.45, 2.75) is 45.1 Å². The van der Waals surface area contributed by atoms with Crippen LogP contribution in [0.25, 0.3) is 5.69 Å². The fraction of sp³-hybridized carbons (Fsp3) is 0.500. The standard InChI is InChI=1S/C16H21ClN4/c1-12-4-2-5-13(9-8-12)20-15-7-3-6-14(17)16(15)21-11-18-10-19-21/h3,6-7,10-13,20H,2,4-5,8-9H2,1H3. The van der Waals surface area contributed by atoms with Crippen molar-refractivity contribution in [3.63, 3.8) is 0 Å². The molecule has 4 nitrogen and oxygen atoms in total. The fourth-order valence-electron chi connectivity index (χ4n) is 3.04. The molecule has 0 aliphatic heterocycles. The van der Waals surface area contributed by atoms with E-state index in [1.165, 1.54) is 38.4 Å². The van der Waals surface area contributed by atoms with Crippen molar-refractivity contribution in [2.75, 3.05) is 5.32 Å². The van der Waals surface area contributed by atoms with E-state index in [0.29, 0.717) is 11.1 Å². The van der Waals surface area contributed by atoms with Crippen LogP contribution in [0.15, 0.2) is 30.9 Å². The van der Waals surface area contributed by atoms with Gasteiger partial charge in [0.25, 0.3) is 0 Å². The summed E-state index contributed by atoms with van der Waals surface area (Å²) in [5.74, 6) is 0.839. The van der Waals surface area contributed by atoms with Gasteiger partial charge in [-0.05, 0) is 37.3 Å². The first-order valence-corrected chi connectivity index (χ1v) is 8.02. The molecule has 21 heavy (non-hydrogen) atoms. The summed E-state index contributed by atoms with van der Waals surface area (Å²) in [7, 11) is 0. The monoisotopic (exact) mass is 304 g/mol. The van der Waals surface area contributed by atoms with E-state index in [-0.39, 0.29) is 0 Å². The van der Waals surface area contributed by atoms with Gasteiger partial charge in [0.05, 0.1) is 10.7 Å². The quantitative estimate of drug-likeness (QED) is 0.860. The number of para-hydroxylation sites is 1. The van der Waals surface area contributed by atoms with E-state index in [9.17, 15) is 0 Å². The maximum atomic E-state index is 6.37. The predicted octanol–water partition coefficient (Wildman–Crippen LogP) is 4.30. The van der Waals surface area contributed by atoms with Crippen molar-refractivity contribution in [1.82, 2.24) is 14.8 Å². The molecule has 0 saturated heterocycles. The summed E-state index contributed by atoms with van der Waals surface area (Å²) < 4.78 is 1.73. The first-order chi connectivity index (χ1) is 10.2. The summed E-state index contributed by atoms with van der Waals surface area (Å²) in [6.07, 6.45) is 9.55. The van der Waals surface area contributed by atoms with Gasteiger partial charge < -0.3 is 5.32 Å². The Morgan fingerprint density at radius 1 is 1.24 bits per heavy atom. The van der Waals surface area contributed by atoms with Crippen LogP contribution in [-0.2, 0) is 0 Å². The molecule has 2 aromatic rings. The molecule has 1 aliphatic rings.